The van der Waals surface area contributed by atoms with Crippen LogP contribution in [0.4, 0.5) is 5.82 Å². The first-order chi connectivity index (χ1) is 11.6. The van der Waals surface area contributed by atoms with Crippen molar-refractivity contribution in [3.8, 4) is 0 Å². The predicted molar refractivity (Wildman–Crippen MR) is 88.5 cm³/mol. The van der Waals surface area contributed by atoms with Crippen LogP contribution in [0, 0.1) is 10.1 Å². The molecule has 1 aromatic carbocycles. The Bertz CT molecular complexity index is 728. The van der Waals surface area contributed by atoms with E-state index in [1.165, 1.54) is 12.5 Å². The van der Waals surface area contributed by atoms with Gasteiger partial charge in [0.25, 0.3) is 0 Å². The van der Waals surface area contributed by atoms with E-state index in [0.717, 1.165) is 24.9 Å². The zero-order valence-corrected chi connectivity index (χ0v) is 13.5. The molecule has 0 N–H and O–H groups in total. The number of amides is 1. The maximum Gasteiger partial charge on any atom is 0.381 e. The molecule has 1 aliphatic rings. The molecular weight excluding hydrogens is 308 g/mol. The highest BCUT2D eigenvalue weighted by Crippen LogP contribution is 2.25. The van der Waals surface area contributed by atoms with Gasteiger partial charge in [0.15, 0.2) is 0 Å². The lowest BCUT2D eigenvalue weighted by Gasteiger charge is -2.27. The molecule has 24 heavy (non-hydrogen) atoms. The molecule has 7 heteroatoms. The van der Waals surface area contributed by atoms with Crippen molar-refractivity contribution in [2.24, 2.45) is 0 Å². The van der Waals surface area contributed by atoms with Gasteiger partial charge in [0, 0.05) is 19.0 Å². The van der Waals surface area contributed by atoms with Crippen molar-refractivity contribution in [1.29, 1.82) is 0 Å². The Morgan fingerprint density at radius 2 is 2.17 bits per heavy atom. The molecule has 126 valence electrons. The molecule has 2 heterocycles. The number of rotatable bonds is 5. The summed E-state index contributed by atoms with van der Waals surface area (Å²) in [4.78, 5) is 29.1. The zero-order valence-electron chi connectivity index (χ0n) is 13.5. The van der Waals surface area contributed by atoms with E-state index < -0.39 is 11.0 Å². The number of aromatic nitrogens is 2. The minimum atomic E-state index is -0.543. The average molecular weight is 328 g/mol. The van der Waals surface area contributed by atoms with Crippen LogP contribution in [-0.2, 0) is 11.2 Å². The van der Waals surface area contributed by atoms with E-state index in [4.69, 9.17) is 0 Å². The topological polar surface area (TPSA) is 81.3 Å². The molecule has 2 aromatic rings. The molecule has 1 aliphatic heterocycles. The summed E-state index contributed by atoms with van der Waals surface area (Å²) in [6.07, 6.45) is 5.19. The number of nitro groups is 1. The van der Waals surface area contributed by atoms with Crippen molar-refractivity contribution in [2.75, 3.05) is 6.54 Å². The van der Waals surface area contributed by atoms with Gasteiger partial charge in [-0.05, 0) is 35.2 Å². The Kier molecular flexibility index (Phi) is 4.59. The van der Waals surface area contributed by atoms with Crippen molar-refractivity contribution in [2.45, 2.75) is 38.3 Å². The fourth-order valence-corrected chi connectivity index (χ4v) is 3.20. The number of imidazole rings is 1. The summed E-state index contributed by atoms with van der Waals surface area (Å²) in [5.41, 5.74) is 1.01. The molecule has 1 amide bonds. The smallest absolute Gasteiger partial charge is 0.358 e. The normalized spacial score (nSPS) is 18.5. The van der Waals surface area contributed by atoms with Crippen LogP contribution in [0.15, 0.2) is 42.9 Å². The van der Waals surface area contributed by atoms with Crippen LogP contribution < -0.4 is 0 Å². The number of hydrogen-bond donors (Lipinski definition) is 0. The standard InChI is InChI=1S/C17H20N4O3/c1-13-6-5-9-20(13)17(22)15(10-14-7-3-2-4-8-14)19-11-16(18-12-19)21(23)24/h2-4,7-8,11-13,15H,5-6,9-10H2,1H3/t13-,15?/m1/s1. The third-order valence-corrected chi connectivity index (χ3v) is 4.53. The lowest BCUT2D eigenvalue weighted by molar-refractivity contribution is -0.389. The van der Waals surface area contributed by atoms with Crippen molar-refractivity contribution in [3.63, 3.8) is 0 Å². The van der Waals surface area contributed by atoms with Crippen molar-refractivity contribution >= 4 is 11.7 Å². The largest absolute Gasteiger partial charge is 0.381 e. The van der Waals surface area contributed by atoms with E-state index in [9.17, 15) is 14.9 Å². The average Bonchev–Trinajstić information content (AvgIpc) is 3.22. The van der Waals surface area contributed by atoms with Crippen molar-refractivity contribution in [1.82, 2.24) is 14.5 Å². The van der Waals surface area contributed by atoms with Gasteiger partial charge in [-0.15, -0.1) is 0 Å². The minimum Gasteiger partial charge on any atom is -0.358 e. The first kappa shape index (κ1) is 16.2. The number of benzene rings is 1. The van der Waals surface area contributed by atoms with Gasteiger partial charge >= 0.3 is 5.82 Å². The molecule has 0 spiro atoms. The number of likely N-dealkylation sites (tertiary alicyclic amines) is 1. The second-order valence-electron chi connectivity index (χ2n) is 6.16. The van der Waals surface area contributed by atoms with Gasteiger partial charge in [-0.1, -0.05) is 30.3 Å². The van der Waals surface area contributed by atoms with Crippen LogP contribution in [0.3, 0.4) is 0 Å². The number of carbonyl (C=O) groups is 1. The zero-order chi connectivity index (χ0) is 17.1. The molecule has 1 saturated heterocycles. The van der Waals surface area contributed by atoms with Gasteiger partial charge in [0.05, 0.1) is 0 Å². The summed E-state index contributed by atoms with van der Waals surface area (Å²) in [6.45, 7) is 2.78. The minimum absolute atomic E-state index is 0.00356. The van der Waals surface area contributed by atoms with E-state index in [0.29, 0.717) is 6.42 Å². The Morgan fingerprint density at radius 1 is 1.42 bits per heavy atom. The van der Waals surface area contributed by atoms with Gasteiger partial charge < -0.3 is 15.0 Å². The predicted octanol–water partition coefficient (Wildman–Crippen LogP) is 2.59. The second kappa shape index (κ2) is 6.82. The lowest BCUT2D eigenvalue weighted by atomic mass is 10.0. The fourth-order valence-electron chi connectivity index (χ4n) is 3.20. The van der Waals surface area contributed by atoms with Crippen LogP contribution >= 0.6 is 0 Å². The van der Waals surface area contributed by atoms with E-state index in [2.05, 4.69) is 4.98 Å². The van der Waals surface area contributed by atoms with Gasteiger partial charge in [0.1, 0.15) is 12.2 Å². The summed E-state index contributed by atoms with van der Waals surface area (Å²) in [7, 11) is 0. The monoisotopic (exact) mass is 328 g/mol. The van der Waals surface area contributed by atoms with Crippen molar-refractivity contribution < 1.29 is 9.72 Å². The maximum atomic E-state index is 13.0. The summed E-state index contributed by atoms with van der Waals surface area (Å²) in [6, 6.07) is 9.36. The number of hydrogen-bond acceptors (Lipinski definition) is 4. The molecular formula is C17H20N4O3. The van der Waals surface area contributed by atoms with E-state index in [-0.39, 0.29) is 17.8 Å². The SMILES string of the molecule is C[C@@H]1CCCN1C(=O)C(Cc1ccccc1)n1cnc([N+](=O)[O-])c1. The summed E-state index contributed by atoms with van der Waals surface area (Å²) >= 11 is 0. The molecule has 2 atom stereocenters. The lowest BCUT2D eigenvalue weighted by Crippen LogP contribution is -2.39. The first-order valence-corrected chi connectivity index (χ1v) is 8.08. The van der Waals surface area contributed by atoms with Gasteiger partial charge in [-0.3, -0.25) is 9.36 Å². The summed E-state index contributed by atoms with van der Waals surface area (Å²) in [5.74, 6) is -0.244. The molecule has 0 aliphatic carbocycles. The molecule has 1 unspecified atom stereocenters. The van der Waals surface area contributed by atoms with Gasteiger partial charge in [-0.25, -0.2) is 0 Å². The molecule has 1 aromatic heterocycles. The highest BCUT2D eigenvalue weighted by atomic mass is 16.6. The highest BCUT2D eigenvalue weighted by Gasteiger charge is 2.33. The van der Waals surface area contributed by atoms with E-state index in [1.54, 1.807) is 4.57 Å². The summed E-state index contributed by atoms with van der Waals surface area (Å²) < 4.78 is 1.57. The third kappa shape index (κ3) is 3.29. The maximum absolute atomic E-state index is 13.0. The van der Waals surface area contributed by atoms with Gasteiger partial charge in [0.2, 0.25) is 12.2 Å². The fraction of sp³-hybridized carbons (Fsp3) is 0.412. The number of carbonyl (C=O) groups excluding carboxylic acids is 1. The second-order valence-corrected chi connectivity index (χ2v) is 6.16. The van der Waals surface area contributed by atoms with E-state index >= 15 is 0 Å². The van der Waals surface area contributed by atoms with Crippen LogP contribution in [-0.4, -0.2) is 37.9 Å². The number of nitrogens with zero attached hydrogens (tertiary/aromatic N) is 4. The van der Waals surface area contributed by atoms with Crippen LogP contribution in [0.5, 0.6) is 0 Å². The first-order valence-electron chi connectivity index (χ1n) is 8.08. The molecule has 0 bridgehead atoms. The van der Waals surface area contributed by atoms with Crippen LogP contribution in [0.1, 0.15) is 31.4 Å². The third-order valence-electron chi connectivity index (χ3n) is 4.53. The Labute approximate surface area is 140 Å². The molecule has 0 radical (unpaired) electrons. The van der Waals surface area contributed by atoms with Gasteiger partial charge in [-0.2, -0.15) is 0 Å². The van der Waals surface area contributed by atoms with Crippen LogP contribution in [0.25, 0.3) is 0 Å². The highest BCUT2D eigenvalue weighted by molar-refractivity contribution is 5.81. The Morgan fingerprint density at radius 3 is 2.75 bits per heavy atom. The van der Waals surface area contributed by atoms with Crippen molar-refractivity contribution in [3.05, 3.63) is 58.5 Å². The molecule has 0 saturated carbocycles. The van der Waals surface area contributed by atoms with E-state index in [1.807, 2.05) is 42.2 Å². The molecule has 1 fully saturated rings. The molecule has 7 nitrogen and oxygen atoms in total. The van der Waals surface area contributed by atoms with Crippen LogP contribution in [0.2, 0.25) is 0 Å². The Hall–Kier alpha value is -2.70. The molecule has 3 rings (SSSR count). The quantitative estimate of drug-likeness (QED) is 0.624. The summed E-state index contributed by atoms with van der Waals surface area (Å²) in [5, 5.41) is 10.9. The Balaban J connectivity index is 1.90.